The van der Waals surface area contributed by atoms with E-state index in [0.717, 1.165) is 18.1 Å². The summed E-state index contributed by atoms with van der Waals surface area (Å²) in [7, 11) is 0. The number of carbonyl (C=O) groups excluding carboxylic acids is 1. The summed E-state index contributed by atoms with van der Waals surface area (Å²) >= 11 is 0. The third-order valence-corrected chi connectivity index (χ3v) is 3.80. The molecule has 0 radical (unpaired) electrons. The molecule has 4 nitrogen and oxygen atoms in total. The number of aromatic amines is 1. The summed E-state index contributed by atoms with van der Waals surface area (Å²) in [5, 5.41) is 3.61. The van der Waals surface area contributed by atoms with Gasteiger partial charge in [0.05, 0.1) is 17.8 Å². The van der Waals surface area contributed by atoms with Gasteiger partial charge in [0.2, 0.25) is 5.91 Å². The maximum Gasteiger partial charge on any atom is 0.225 e. The number of anilines is 2. The highest BCUT2D eigenvalue weighted by molar-refractivity contribution is 5.95. The van der Waals surface area contributed by atoms with Crippen LogP contribution >= 0.6 is 0 Å². The van der Waals surface area contributed by atoms with Crippen molar-refractivity contribution < 1.29 is 4.79 Å². The normalized spacial score (nSPS) is 21.9. The molecule has 1 fully saturated rings. The molecule has 1 spiro atoms. The molecule has 86 valence electrons. The Morgan fingerprint density at radius 3 is 2.88 bits per heavy atom. The second-order valence-corrected chi connectivity index (χ2v) is 4.96. The van der Waals surface area contributed by atoms with E-state index in [9.17, 15) is 4.79 Å². The maximum atomic E-state index is 11.7. The van der Waals surface area contributed by atoms with E-state index >= 15 is 0 Å². The summed E-state index contributed by atoms with van der Waals surface area (Å²) in [6.07, 6.45) is 6.75. The third kappa shape index (κ3) is 1.32. The van der Waals surface area contributed by atoms with E-state index in [1.165, 1.54) is 25.7 Å². The van der Waals surface area contributed by atoms with Gasteiger partial charge in [0.25, 0.3) is 0 Å². The van der Waals surface area contributed by atoms with Gasteiger partial charge >= 0.3 is 0 Å². The molecule has 2 heterocycles. The van der Waals surface area contributed by atoms with Crippen LogP contribution in [0.1, 0.15) is 32.6 Å². The van der Waals surface area contributed by atoms with Crippen LogP contribution in [0.2, 0.25) is 0 Å². The molecule has 0 atom stereocenters. The molecule has 2 aliphatic rings. The van der Waals surface area contributed by atoms with E-state index in [0.29, 0.717) is 0 Å². The number of aromatic nitrogens is 1. The molecular formula is C12H17N3O. The second kappa shape index (κ2) is 3.27. The Bertz CT molecular complexity index is 418. The Morgan fingerprint density at radius 1 is 1.44 bits per heavy atom. The highest BCUT2D eigenvalue weighted by Gasteiger charge is 2.41. The minimum atomic E-state index is 0.122. The van der Waals surface area contributed by atoms with E-state index in [4.69, 9.17) is 0 Å². The molecule has 16 heavy (non-hydrogen) atoms. The lowest BCUT2D eigenvalue weighted by atomic mass is 9.94. The van der Waals surface area contributed by atoms with E-state index in [1.54, 1.807) is 6.92 Å². The first-order valence-corrected chi connectivity index (χ1v) is 5.94. The van der Waals surface area contributed by atoms with Gasteiger partial charge in [0.15, 0.2) is 0 Å². The number of fused-ring (bicyclic) bond motifs is 1. The number of rotatable bonds is 0. The molecule has 1 aromatic heterocycles. The number of nitrogens with zero attached hydrogens (tertiary/aromatic N) is 1. The third-order valence-electron chi connectivity index (χ3n) is 3.80. The Kier molecular flexibility index (Phi) is 1.99. The quantitative estimate of drug-likeness (QED) is 0.702. The predicted molar refractivity (Wildman–Crippen MR) is 63.6 cm³/mol. The zero-order valence-corrected chi connectivity index (χ0v) is 9.55. The van der Waals surface area contributed by atoms with E-state index in [2.05, 4.69) is 10.3 Å². The fourth-order valence-corrected chi connectivity index (χ4v) is 3.00. The minimum absolute atomic E-state index is 0.122. The topological polar surface area (TPSA) is 48.1 Å². The van der Waals surface area contributed by atoms with Crippen LogP contribution in [0.5, 0.6) is 0 Å². The van der Waals surface area contributed by atoms with Crippen molar-refractivity contribution in [2.75, 3.05) is 16.8 Å². The Labute approximate surface area is 95.0 Å². The minimum Gasteiger partial charge on any atom is -0.375 e. The average molecular weight is 219 g/mol. The van der Waals surface area contributed by atoms with Gasteiger partial charge in [-0.05, 0) is 18.9 Å². The summed E-state index contributed by atoms with van der Waals surface area (Å²) in [5.41, 5.74) is 1.20. The number of hydrogen-bond acceptors (Lipinski definition) is 2. The van der Waals surface area contributed by atoms with Gasteiger partial charge in [-0.15, -0.1) is 0 Å². The maximum absolute atomic E-state index is 11.7. The fourth-order valence-electron chi connectivity index (χ4n) is 3.00. The highest BCUT2D eigenvalue weighted by atomic mass is 16.2. The molecule has 1 aromatic rings. The molecule has 1 aliphatic heterocycles. The summed E-state index contributed by atoms with van der Waals surface area (Å²) in [6, 6.07) is 2.02. The molecule has 0 unspecified atom stereocenters. The average Bonchev–Trinajstić information content (AvgIpc) is 2.86. The van der Waals surface area contributed by atoms with Crippen molar-refractivity contribution in [1.29, 1.82) is 0 Å². The fraction of sp³-hybridized carbons (Fsp3) is 0.583. The van der Waals surface area contributed by atoms with Crippen molar-refractivity contribution in [2.45, 2.75) is 38.1 Å². The number of carbonyl (C=O) groups is 1. The predicted octanol–water partition coefficient (Wildman–Crippen LogP) is 2.11. The molecule has 1 saturated carbocycles. The van der Waals surface area contributed by atoms with E-state index < -0.39 is 0 Å². The number of H-pyrrole nitrogens is 1. The SMILES string of the molecule is CC(=O)N1CC2(CCCC2)Nc2cc[nH]c21. The van der Waals surface area contributed by atoms with Crippen LogP contribution in [0.15, 0.2) is 12.3 Å². The Balaban J connectivity index is 2.00. The van der Waals surface area contributed by atoms with Crippen molar-refractivity contribution in [1.82, 2.24) is 4.98 Å². The largest absolute Gasteiger partial charge is 0.375 e. The van der Waals surface area contributed by atoms with Gasteiger partial charge in [-0.25, -0.2) is 0 Å². The molecule has 3 rings (SSSR count). The first-order chi connectivity index (χ1) is 7.70. The lowest BCUT2D eigenvalue weighted by Crippen LogP contribution is -2.52. The first-order valence-electron chi connectivity index (χ1n) is 5.94. The molecular weight excluding hydrogens is 202 g/mol. The van der Waals surface area contributed by atoms with Crippen molar-refractivity contribution in [3.8, 4) is 0 Å². The lowest BCUT2D eigenvalue weighted by molar-refractivity contribution is -0.116. The van der Waals surface area contributed by atoms with Crippen LogP contribution in [-0.2, 0) is 4.79 Å². The van der Waals surface area contributed by atoms with Crippen LogP contribution in [-0.4, -0.2) is 23.0 Å². The summed E-state index contributed by atoms with van der Waals surface area (Å²) < 4.78 is 0. The van der Waals surface area contributed by atoms with Crippen LogP contribution in [0.3, 0.4) is 0 Å². The molecule has 0 aromatic carbocycles. The molecule has 1 amide bonds. The molecule has 0 saturated heterocycles. The zero-order chi connectivity index (χ0) is 11.2. The van der Waals surface area contributed by atoms with Gasteiger partial charge in [-0.3, -0.25) is 9.69 Å². The standard InChI is InChI=1S/C12H17N3O/c1-9(16)15-8-12(5-2-3-6-12)14-10-4-7-13-11(10)15/h4,7,13-14H,2-3,5-6,8H2,1H3. The van der Waals surface area contributed by atoms with Crippen molar-refractivity contribution >= 4 is 17.4 Å². The first kappa shape index (κ1) is 9.75. The second-order valence-electron chi connectivity index (χ2n) is 4.96. The van der Waals surface area contributed by atoms with Gasteiger partial charge in [-0.2, -0.15) is 0 Å². The van der Waals surface area contributed by atoms with Crippen LogP contribution in [0, 0.1) is 0 Å². The number of nitrogens with one attached hydrogen (secondary N) is 2. The van der Waals surface area contributed by atoms with Crippen molar-refractivity contribution in [3.63, 3.8) is 0 Å². The molecule has 0 bridgehead atoms. The van der Waals surface area contributed by atoms with Gasteiger partial charge in [0, 0.05) is 13.1 Å². The monoisotopic (exact) mass is 219 g/mol. The van der Waals surface area contributed by atoms with Crippen LogP contribution in [0.4, 0.5) is 11.5 Å². The van der Waals surface area contributed by atoms with Crippen LogP contribution in [0.25, 0.3) is 0 Å². The van der Waals surface area contributed by atoms with Gasteiger partial charge < -0.3 is 10.3 Å². The van der Waals surface area contributed by atoms with Crippen LogP contribution < -0.4 is 10.2 Å². The zero-order valence-electron chi connectivity index (χ0n) is 9.55. The molecule has 2 N–H and O–H groups in total. The number of amides is 1. The highest BCUT2D eigenvalue weighted by Crippen LogP contribution is 2.41. The summed E-state index contributed by atoms with van der Waals surface area (Å²) in [6.45, 7) is 2.44. The Morgan fingerprint density at radius 2 is 2.19 bits per heavy atom. The van der Waals surface area contributed by atoms with E-state index in [-0.39, 0.29) is 11.4 Å². The molecule has 1 aliphatic carbocycles. The van der Waals surface area contributed by atoms with Crippen molar-refractivity contribution in [3.05, 3.63) is 12.3 Å². The Hall–Kier alpha value is -1.45. The van der Waals surface area contributed by atoms with Gasteiger partial charge in [0.1, 0.15) is 5.82 Å². The smallest absolute Gasteiger partial charge is 0.225 e. The number of hydrogen-bond donors (Lipinski definition) is 2. The van der Waals surface area contributed by atoms with Gasteiger partial charge in [-0.1, -0.05) is 12.8 Å². The van der Waals surface area contributed by atoms with E-state index in [1.807, 2.05) is 17.2 Å². The summed E-state index contributed by atoms with van der Waals surface area (Å²) in [4.78, 5) is 16.7. The van der Waals surface area contributed by atoms with Crippen molar-refractivity contribution in [2.24, 2.45) is 0 Å². The molecule has 4 heteroatoms. The lowest BCUT2D eigenvalue weighted by Gasteiger charge is -2.41. The summed E-state index contributed by atoms with van der Waals surface area (Å²) in [5.74, 6) is 1.04.